The van der Waals surface area contributed by atoms with Gasteiger partial charge in [0.05, 0.1) is 0 Å². The molecule has 14 heavy (non-hydrogen) atoms. The maximum Gasteiger partial charge on any atom is 0.0456 e. The Morgan fingerprint density at radius 3 is 2.07 bits per heavy atom. The molecule has 0 rings (SSSR count). The zero-order valence-corrected chi connectivity index (χ0v) is 10.3. The first-order valence-corrected chi connectivity index (χ1v) is 6.31. The fourth-order valence-corrected chi connectivity index (χ4v) is 1.72. The Bertz CT molecular complexity index is 112. The van der Waals surface area contributed by atoms with Gasteiger partial charge in [-0.15, -0.1) is 0 Å². The third kappa shape index (κ3) is 8.55. The molecule has 2 atom stereocenters. The molecule has 0 bridgehead atoms. The number of hydrogen-bond acceptors (Lipinski definition) is 1. The molecule has 0 amide bonds. The van der Waals surface area contributed by atoms with Gasteiger partial charge in [-0.05, 0) is 18.3 Å². The maximum absolute atomic E-state index is 8.89. The molecule has 1 N–H and O–H groups in total. The van der Waals surface area contributed by atoms with E-state index < -0.39 is 0 Å². The van der Waals surface area contributed by atoms with Crippen LogP contribution in [0.5, 0.6) is 0 Å². The van der Waals surface area contributed by atoms with Crippen molar-refractivity contribution in [2.24, 2.45) is 11.8 Å². The van der Waals surface area contributed by atoms with Crippen LogP contribution in [0.25, 0.3) is 0 Å². The van der Waals surface area contributed by atoms with Crippen LogP contribution in [0, 0.1) is 11.8 Å². The number of aliphatic hydroxyl groups excluding tert-OH is 1. The van der Waals surface area contributed by atoms with Crippen LogP contribution in [-0.2, 0) is 0 Å². The topological polar surface area (TPSA) is 20.2 Å². The number of unbranched alkanes of at least 4 members (excludes halogenated alkanes) is 3. The largest absolute Gasteiger partial charge is 0.396 e. The lowest BCUT2D eigenvalue weighted by Gasteiger charge is -2.13. The van der Waals surface area contributed by atoms with Gasteiger partial charge in [0.2, 0.25) is 0 Å². The van der Waals surface area contributed by atoms with Crippen LogP contribution >= 0.6 is 0 Å². The Kier molecular flexibility index (Phi) is 9.49. The molecular formula is C13H28O. The highest BCUT2D eigenvalue weighted by Gasteiger charge is 2.05. The molecule has 0 saturated carbocycles. The highest BCUT2D eigenvalue weighted by atomic mass is 16.3. The van der Waals surface area contributed by atoms with Crippen LogP contribution in [0.15, 0.2) is 0 Å². The lowest BCUT2D eigenvalue weighted by Crippen LogP contribution is -2.04. The quantitative estimate of drug-likeness (QED) is 0.558. The summed E-state index contributed by atoms with van der Waals surface area (Å²) in [6.07, 6.45) is 9.35. The second-order valence-corrected chi connectivity index (χ2v) is 4.82. The van der Waals surface area contributed by atoms with Crippen molar-refractivity contribution in [2.45, 2.75) is 65.7 Å². The second kappa shape index (κ2) is 9.51. The van der Waals surface area contributed by atoms with Gasteiger partial charge in [0.15, 0.2) is 0 Å². The van der Waals surface area contributed by atoms with Crippen molar-refractivity contribution >= 4 is 0 Å². The molecular weight excluding hydrogens is 172 g/mol. The summed E-state index contributed by atoms with van der Waals surface area (Å²) < 4.78 is 0. The van der Waals surface area contributed by atoms with Crippen molar-refractivity contribution < 1.29 is 5.11 Å². The van der Waals surface area contributed by atoms with E-state index in [4.69, 9.17) is 5.11 Å². The first kappa shape index (κ1) is 14.0. The maximum atomic E-state index is 8.89. The van der Waals surface area contributed by atoms with Crippen LogP contribution in [0.3, 0.4) is 0 Å². The molecule has 0 heterocycles. The highest BCUT2D eigenvalue weighted by molar-refractivity contribution is 4.57. The average Bonchev–Trinajstić information content (AvgIpc) is 2.21. The molecule has 86 valence electrons. The molecule has 0 spiro atoms. The third-order valence-electron chi connectivity index (χ3n) is 3.01. The lowest BCUT2D eigenvalue weighted by atomic mass is 9.94. The summed E-state index contributed by atoms with van der Waals surface area (Å²) in [5, 5.41) is 8.89. The van der Waals surface area contributed by atoms with Crippen LogP contribution in [0.2, 0.25) is 0 Å². The average molecular weight is 200 g/mol. The monoisotopic (exact) mass is 200 g/mol. The van der Waals surface area contributed by atoms with Gasteiger partial charge in [0, 0.05) is 6.61 Å². The van der Waals surface area contributed by atoms with Crippen LogP contribution < -0.4 is 0 Å². The predicted molar refractivity (Wildman–Crippen MR) is 63.4 cm³/mol. The van der Waals surface area contributed by atoms with E-state index in [9.17, 15) is 0 Å². The standard InChI is InChI=1S/C13H28O/c1-4-5-6-7-8-12(2)9-10-13(3)11-14/h12-14H,4-11H2,1-3H3. The first-order valence-electron chi connectivity index (χ1n) is 6.31. The van der Waals surface area contributed by atoms with Crippen LogP contribution in [0.4, 0.5) is 0 Å². The fraction of sp³-hybridized carbons (Fsp3) is 1.00. The molecule has 0 aliphatic rings. The van der Waals surface area contributed by atoms with E-state index in [0.29, 0.717) is 12.5 Å². The Balaban J connectivity index is 3.23. The molecule has 0 aromatic carbocycles. The van der Waals surface area contributed by atoms with Crippen molar-refractivity contribution in [3.63, 3.8) is 0 Å². The minimum atomic E-state index is 0.350. The minimum absolute atomic E-state index is 0.350. The van der Waals surface area contributed by atoms with Crippen molar-refractivity contribution in [1.82, 2.24) is 0 Å². The molecule has 2 unspecified atom stereocenters. The molecule has 1 nitrogen and oxygen atoms in total. The van der Waals surface area contributed by atoms with Crippen molar-refractivity contribution in [2.75, 3.05) is 6.61 Å². The molecule has 0 aliphatic carbocycles. The summed E-state index contributed by atoms with van der Waals surface area (Å²) in [6, 6.07) is 0. The van der Waals surface area contributed by atoms with E-state index in [1.165, 1.54) is 44.9 Å². The van der Waals surface area contributed by atoms with E-state index in [1.54, 1.807) is 0 Å². The third-order valence-corrected chi connectivity index (χ3v) is 3.01. The van der Waals surface area contributed by atoms with Crippen molar-refractivity contribution in [1.29, 1.82) is 0 Å². The van der Waals surface area contributed by atoms with Crippen molar-refractivity contribution in [3.05, 3.63) is 0 Å². The van der Waals surface area contributed by atoms with Gasteiger partial charge >= 0.3 is 0 Å². The highest BCUT2D eigenvalue weighted by Crippen LogP contribution is 2.18. The van der Waals surface area contributed by atoms with Crippen LogP contribution in [0.1, 0.15) is 65.7 Å². The van der Waals surface area contributed by atoms with Gasteiger partial charge in [-0.3, -0.25) is 0 Å². The van der Waals surface area contributed by atoms with Gasteiger partial charge in [-0.25, -0.2) is 0 Å². The zero-order chi connectivity index (χ0) is 10.8. The molecule has 0 saturated heterocycles. The molecule has 1 heteroatoms. The Morgan fingerprint density at radius 1 is 0.857 bits per heavy atom. The summed E-state index contributed by atoms with van der Waals surface area (Å²) in [5.74, 6) is 1.34. The summed E-state index contributed by atoms with van der Waals surface area (Å²) in [4.78, 5) is 0. The Labute approximate surface area is 89.9 Å². The smallest absolute Gasteiger partial charge is 0.0456 e. The lowest BCUT2D eigenvalue weighted by molar-refractivity contribution is 0.221. The molecule has 0 aromatic rings. The molecule has 0 aliphatic heterocycles. The fourth-order valence-electron chi connectivity index (χ4n) is 1.72. The summed E-state index contributed by atoms with van der Waals surface area (Å²) in [7, 11) is 0. The predicted octanol–water partition coefficient (Wildman–Crippen LogP) is 4.00. The van der Waals surface area contributed by atoms with E-state index in [-0.39, 0.29) is 0 Å². The van der Waals surface area contributed by atoms with Gasteiger partial charge in [0.1, 0.15) is 0 Å². The van der Waals surface area contributed by atoms with Crippen molar-refractivity contribution in [3.8, 4) is 0 Å². The SMILES string of the molecule is CCCCCCC(C)CCC(C)CO. The van der Waals surface area contributed by atoms with Gasteiger partial charge in [0.25, 0.3) is 0 Å². The number of rotatable bonds is 9. The van der Waals surface area contributed by atoms with Crippen LogP contribution in [-0.4, -0.2) is 11.7 Å². The normalized spacial score (nSPS) is 15.4. The Morgan fingerprint density at radius 2 is 1.50 bits per heavy atom. The van der Waals surface area contributed by atoms with E-state index in [1.807, 2.05) is 0 Å². The van der Waals surface area contributed by atoms with E-state index in [0.717, 1.165) is 5.92 Å². The van der Waals surface area contributed by atoms with Gasteiger partial charge in [-0.1, -0.05) is 59.3 Å². The summed E-state index contributed by atoms with van der Waals surface area (Å²) in [6.45, 7) is 7.08. The zero-order valence-electron chi connectivity index (χ0n) is 10.3. The second-order valence-electron chi connectivity index (χ2n) is 4.82. The molecule has 0 aromatic heterocycles. The first-order chi connectivity index (χ1) is 6.70. The molecule has 0 fully saturated rings. The summed E-state index contributed by atoms with van der Waals surface area (Å²) in [5.41, 5.74) is 0. The number of aliphatic hydroxyl groups is 1. The molecule has 0 radical (unpaired) electrons. The van der Waals surface area contributed by atoms with Gasteiger partial charge < -0.3 is 5.11 Å². The van der Waals surface area contributed by atoms with E-state index in [2.05, 4.69) is 20.8 Å². The van der Waals surface area contributed by atoms with Gasteiger partial charge in [-0.2, -0.15) is 0 Å². The number of hydrogen-bond donors (Lipinski definition) is 1. The Hall–Kier alpha value is -0.0400. The van der Waals surface area contributed by atoms with E-state index >= 15 is 0 Å². The summed E-state index contributed by atoms with van der Waals surface area (Å²) >= 11 is 0. The minimum Gasteiger partial charge on any atom is -0.396 e.